The van der Waals surface area contributed by atoms with Gasteiger partial charge in [0.15, 0.2) is 5.82 Å². The molecule has 2 aromatic heterocycles. The van der Waals surface area contributed by atoms with E-state index in [0.717, 1.165) is 41.8 Å². The van der Waals surface area contributed by atoms with Gasteiger partial charge in [0.05, 0.1) is 6.54 Å². The Labute approximate surface area is 137 Å². The first-order chi connectivity index (χ1) is 11.1. The van der Waals surface area contributed by atoms with Gasteiger partial charge in [0.25, 0.3) is 5.56 Å². The average molecular weight is 330 g/mol. The van der Waals surface area contributed by atoms with E-state index in [0.29, 0.717) is 23.2 Å². The van der Waals surface area contributed by atoms with Crippen LogP contribution in [0.2, 0.25) is 5.02 Å². The average Bonchev–Trinajstić information content (AvgIpc) is 3.15. The van der Waals surface area contributed by atoms with E-state index in [-0.39, 0.29) is 5.56 Å². The zero-order chi connectivity index (χ0) is 16.0. The van der Waals surface area contributed by atoms with Crippen LogP contribution in [0.25, 0.3) is 5.78 Å². The molecular formula is C16H16ClN5O. The number of aromatic amines is 1. The lowest BCUT2D eigenvalue weighted by Gasteiger charge is -2.05. The minimum Gasteiger partial charge on any atom is -0.378 e. The lowest BCUT2D eigenvalue weighted by Crippen LogP contribution is -2.20. The second kappa shape index (κ2) is 5.38. The number of rotatable bonds is 3. The standard InChI is InChI=1S/C16H16ClN5O/c1-9-5-6-10(7-12(9)17)18-8-14-20-16-19-13-4-2-3-11(13)15(23)22(16)21-14/h5-7,18H,2-4,8H2,1H3,(H,19,20,21). The Bertz CT molecular complexity index is 959. The second-order valence-corrected chi connectivity index (χ2v) is 6.23. The summed E-state index contributed by atoms with van der Waals surface area (Å²) in [6, 6.07) is 5.78. The SMILES string of the molecule is Cc1ccc(NCc2nc3[nH]c4c(c(=O)n3n2)CCC4)cc1Cl. The van der Waals surface area contributed by atoms with Crippen LogP contribution < -0.4 is 10.9 Å². The lowest BCUT2D eigenvalue weighted by molar-refractivity contribution is 0.839. The van der Waals surface area contributed by atoms with E-state index in [1.165, 1.54) is 4.52 Å². The Kier molecular flexibility index (Phi) is 3.34. The van der Waals surface area contributed by atoms with Crippen molar-refractivity contribution in [1.29, 1.82) is 0 Å². The maximum absolute atomic E-state index is 12.4. The van der Waals surface area contributed by atoms with Crippen molar-refractivity contribution in [2.24, 2.45) is 0 Å². The number of benzene rings is 1. The Morgan fingerprint density at radius 3 is 3.09 bits per heavy atom. The fourth-order valence-corrected chi connectivity index (χ4v) is 3.10. The van der Waals surface area contributed by atoms with Gasteiger partial charge in [-0.25, -0.2) is 0 Å². The summed E-state index contributed by atoms with van der Waals surface area (Å²) in [5, 5.41) is 8.25. The quantitative estimate of drug-likeness (QED) is 0.774. The van der Waals surface area contributed by atoms with E-state index in [1.54, 1.807) is 0 Å². The number of hydrogen-bond donors (Lipinski definition) is 2. The Balaban J connectivity index is 1.61. The molecule has 0 bridgehead atoms. The van der Waals surface area contributed by atoms with Gasteiger partial charge in [-0.1, -0.05) is 17.7 Å². The summed E-state index contributed by atoms with van der Waals surface area (Å²) in [4.78, 5) is 20.0. The Morgan fingerprint density at radius 2 is 2.26 bits per heavy atom. The summed E-state index contributed by atoms with van der Waals surface area (Å²) < 4.78 is 1.36. The van der Waals surface area contributed by atoms with Gasteiger partial charge in [0, 0.05) is 22.0 Å². The molecule has 1 aliphatic rings. The minimum atomic E-state index is -0.0524. The third-order valence-corrected chi connectivity index (χ3v) is 4.61. The Hall–Kier alpha value is -2.34. The second-order valence-electron chi connectivity index (χ2n) is 5.82. The predicted octanol–water partition coefficient (Wildman–Crippen LogP) is 2.48. The molecule has 1 aliphatic carbocycles. The largest absolute Gasteiger partial charge is 0.378 e. The molecule has 4 rings (SSSR count). The zero-order valence-corrected chi connectivity index (χ0v) is 13.4. The molecule has 0 amide bonds. The summed E-state index contributed by atoms with van der Waals surface area (Å²) in [7, 11) is 0. The first-order valence-electron chi connectivity index (χ1n) is 7.61. The van der Waals surface area contributed by atoms with Crippen molar-refractivity contribution < 1.29 is 0 Å². The third-order valence-electron chi connectivity index (χ3n) is 4.20. The summed E-state index contributed by atoms with van der Waals surface area (Å²) >= 11 is 6.12. The van der Waals surface area contributed by atoms with Crippen LogP contribution in [0.15, 0.2) is 23.0 Å². The van der Waals surface area contributed by atoms with E-state index in [4.69, 9.17) is 11.6 Å². The number of nitrogens with zero attached hydrogens (tertiary/aromatic N) is 3. The smallest absolute Gasteiger partial charge is 0.279 e. The van der Waals surface area contributed by atoms with Crippen LogP contribution in [0.3, 0.4) is 0 Å². The van der Waals surface area contributed by atoms with Gasteiger partial charge in [0.1, 0.15) is 0 Å². The van der Waals surface area contributed by atoms with Gasteiger partial charge in [-0.3, -0.25) is 4.79 Å². The third kappa shape index (κ3) is 2.49. The first-order valence-corrected chi connectivity index (χ1v) is 7.99. The molecule has 2 N–H and O–H groups in total. The highest BCUT2D eigenvalue weighted by Gasteiger charge is 2.19. The van der Waals surface area contributed by atoms with Crippen LogP contribution in [0, 0.1) is 6.92 Å². The maximum Gasteiger partial charge on any atom is 0.279 e. The highest BCUT2D eigenvalue weighted by molar-refractivity contribution is 6.31. The molecule has 7 heteroatoms. The monoisotopic (exact) mass is 329 g/mol. The first kappa shape index (κ1) is 14.3. The topological polar surface area (TPSA) is 75.1 Å². The molecule has 6 nitrogen and oxygen atoms in total. The molecule has 0 atom stereocenters. The van der Waals surface area contributed by atoms with Crippen molar-refractivity contribution in [2.75, 3.05) is 5.32 Å². The molecular weight excluding hydrogens is 314 g/mol. The predicted molar refractivity (Wildman–Crippen MR) is 89.1 cm³/mol. The fraction of sp³-hybridized carbons (Fsp3) is 0.312. The summed E-state index contributed by atoms with van der Waals surface area (Å²) in [5.74, 6) is 1.08. The van der Waals surface area contributed by atoms with Crippen molar-refractivity contribution in [2.45, 2.75) is 32.7 Å². The number of aryl methyl sites for hydroxylation is 2. The van der Waals surface area contributed by atoms with Crippen molar-refractivity contribution in [3.63, 3.8) is 0 Å². The number of hydrogen-bond acceptors (Lipinski definition) is 4. The van der Waals surface area contributed by atoms with Gasteiger partial charge < -0.3 is 10.3 Å². The summed E-state index contributed by atoms with van der Waals surface area (Å²) in [5.41, 5.74) is 3.71. The lowest BCUT2D eigenvalue weighted by atomic mass is 10.2. The van der Waals surface area contributed by atoms with Crippen molar-refractivity contribution in [1.82, 2.24) is 19.6 Å². The van der Waals surface area contributed by atoms with Gasteiger partial charge in [0.2, 0.25) is 5.78 Å². The molecule has 0 aliphatic heterocycles. The van der Waals surface area contributed by atoms with Gasteiger partial charge in [-0.15, -0.1) is 5.10 Å². The molecule has 0 saturated heterocycles. The van der Waals surface area contributed by atoms with Gasteiger partial charge >= 0.3 is 0 Å². The van der Waals surface area contributed by atoms with E-state index in [1.807, 2.05) is 25.1 Å². The number of H-pyrrole nitrogens is 1. The summed E-state index contributed by atoms with van der Waals surface area (Å²) in [6.45, 7) is 2.39. The molecule has 0 spiro atoms. The molecule has 0 fully saturated rings. The van der Waals surface area contributed by atoms with Crippen LogP contribution >= 0.6 is 11.6 Å². The number of halogens is 1. The van der Waals surface area contributed by atoms with Crippen molar-refractivity contribution in [3.05, 3.63) is 56.2 Å². The number of anilines is 1. The van der Waals surface area contributed by atoms with E-state index < -0.39 is 0 Å². The molecule has 23 heavy (non-hydrogen) atoms. The Morgan fingerprint density at radius 1 is 1.39 bits per heavy atom. The molecule has 0 radical (unpaired) electrons. The number of aromatic nitrogens is 4. The molecule has 3 aromatic rings. The highest BCUT2D eigenvalue weighted by Crippen LogP contribution is 2.20. The normalized spacial score (nSPS) is 13.5. The molecule has 0 saturated carbocycles. The zero-order valence-electron chi connectivity index (χ0n) is 12.7. The highest BCUT2D eigenvalue weighted by atomic mass is 35.5. The van der Waals surface area contributed by atoms with Crippen LogP contribution in [-0.2, 0) is 19.4 Å². The van der Waals surface area contributed by atoms with E-state index >= 15 is 0 Å². The molecule has 1 aromatic carbocycles. The van der Waals surface area contributed by atoms with E-state index in [9.17, 15) is 4.79 Å². The van der Waals surface area contributed by atoms with Crippen LogP contribution in [0.1, 0.15) is 29.1 Å². The number of nitrogens with one attached hydrogen (secondary N) is 2. The van der Waals surface area contributed by atoms with Crippen LogP contribution in [-0.4, -0.2) is 19.6 Å². The summed E-state index contributed by atoms with van der Waals surface area (Å²) in [6.07, 6.45) is 2.73. The molecule has 118 valence electrons. The van der Waals surface area contributed by atoms with Crippen molar-refractivity contribution >= 4 is 23.1 Å². The van der Waals surface area contributed by atoms with Gasteiger partial charge in [-0.2, -0.15) is 9.50 Å². The fourth-order valence-electron chi connectivity index (χ4n) is 2.92. The maximum atomic E-state index is 12.4. The van der Waals surface area contributed by atoms with Crippen LogP contribution in [0.4, 0.5) is 5.69 Å². The number of fused-ring (bicyclic) bond motifs is 2. The minimum absolute atomic E-state index is 0.0524. The van der Waals surface area contributed by atoms with Gasteiger partial charge in [-0.05, 0) is 43.9 Å². The van der Waals surface area contributed by atoms with Crippen LogP contribution in [0.5, 0.6) is 0 Å². The molecule has 2 heterocycles. The van der Waals surface area contributed by atoms with Crippen molar-refractivity contribution in [3.8, 4) is 0 Å². The molecule has 0 unspecified atom stereocenters. The van der Waals surface area contributed by atoms with E-state index in [2.05, 4.69) is 20.4 Å².